The van der Waals surface area contributed by atoms with Crippen LogP contribution in [-0.4, -0.2) is 130 Å². The van der Waals surface area contributed by atoms with Crippen molar-refractivity contribution in [2.45, 2.75) is 136 Å². The topological polar surface area (TPSA) is 173 Å². The van der Waals surface area contributed by atoms with E-state index in [1.165, 1.54) is 29.2 Å². The summed E-state index contributed by atoms with van der Waals surface area (Å²) >= 11 is 1.48. The first-order valence-electron chi connectivity index (χ1n) is 25.1. The summed E-state index contributed by atoms with van der Waals surface area (Å²) in [6.07, 6.45) is 7.76. The Bertz CT molecular complexity index is 2590. The van der Waals surface area contributed by atoms with Crippen LogP contribution in [0.4, 0.5) is 0 Å². The van der Waals surface area contributed by atoms with Gasteiger partial charge in [0.2, 0.25) is 11.8 Å². The van der Waals surface area contributed by atoms with E-state index >= 15 is 0 Å². The molecular weight excluding hydrogens is 879 g/mol. The lowest BCUT2D eigenvalue weighted by molar-refractivity contribution is -0.155. The van der Waals surface area contributed by atoms with Gasteiger partial charge in [0.15, 0.2) is 0 Å². The van der Waals surface area contributed by atoms with Crippen LogP contribution in [0.1, 0.15) is 102 Å². The van der Waals surface area contributed by atoms with Crippen LogP contribution in [0.2, 0.25) is 0 Å². The Labute approximate surface area is 404 Å². The average molecular weight is 948 g/mol. The predicted octanol–water partition coefficient (Wildman–Crippen LogP) is 5.90. The van der Waals surface area contributed by atoms with Gasteiger partial charge in [-0.1, -0.05) is 33.8 Å². The van der Waals surface area contributed by atoms with Crippen molar-refractivity contribution in [1.29, 1.82) is 0 Å². The molecule has 5 aliphatic heterocycles. The van der Waals surface area contributed by atoms with Crippen LogP contribution in [-0.2, 0) is 48.0 Å². The number of esters is 1. The number of hydrogen-bond acceptors (Lipinski definition) is 12. The number of carbonyl (C=O) groups excluding carboxylic acids is 4. The number of methoxy groups -OCH3 is 1. The second kappa shape index (κ2) is 18.5. The molecule has 1 saturated carbocycles. The number of hydrazine groups is 1. The van der Waals surface area contributed by atoms with Gasteiger partial charge in [0.1, 0.15) is 18.1 Å². The third-order valence-electron chi connectivity index (χ3n) is 15.7. The molecule has 6 bridgehead atoms. The van der Waals surface area contributed by atoms with E-state index < -0.39 is 29.5 Å². The summed E-state index contributed by atoms with van der Waals surface area (Å²) in [4.78, 5) is 71.3. The van der Waals surface area contributed by atoms with Crippen LogP contribution in [0, 0.1) is 22.7 Å². The van der Waals surface area contributed by atoms with E-state index in [4.69, 9.17) is 19.4 Å². The van der Waals surface area contributed by atoms with Crippen LogP contribution in [0.5, 0.6) is 0 Å². The number of nitrogens with one attached hydrogen (secondary N) is 3. The number of benzene rings is 1. The van der Waals surface area contributed by atoms with Crippen LogP contribution in [0.3, 0.4) is 0 Å². The number of aromatic nitrogens is 3. The van der Waals surface area contributed by atoms with E-state index in [0.717, 1.165) is 95.2 Å². The van der Waals surface area contributed by atoms with Gasteiger partial charge in [0.25, 0.3) is 5.91 Å². The normalized spacial score (nSPS) is 27.4. The van der Waals surface area contributed by atoms with Crippen molar-refractivity contribution in [3.63, 3.8) is 0 Å². The first-order chi connectivity index (χ1) is 32.7. The smallest absolute Gasteiger partial charge is 0.324 e. The minimum absolute atomic E-state index is 0.0310. The lowest BCUT2D eigenvalue weighted by atomic mass is 9.84. The third kappa shape index (κ3) is 9.11. The van der Waals surface area contributed by atoms with Crippen LogP contribution < -0.4 is 16.1 Å². The molecule has 3 N–H and O–H groups in total. The number of nitrogens with zero attached hydrogens (tertiary/aromatic N) is 6. The Balaban J connectivity index is 0.954. The molecular formula is C52H69N9O6S. The standard InChI is InChI=1S/C52H69N9O6S/c1-8-60-40-16-15-33-23-35(40)36(46(60)34-11-9-19-53-42(34)31(4)66-7)25-51(5,6)29-67-50(65)37-12-10-20-61(57-37)48(63)38(24-41-54-39(33)26-68-41)55-47(62)45(30(2)3)58-21-17-52(27-58)18-22-59(28-52)49(64)44-43(56-44)32-13-14-32/h9,11,15-16,19,23,26,30-32,37-38,43-45,56-57H,8,10,12-14,17-18,20-22,24-25,27-29H2,1-7H3,(H,55,62)/t31-,37-,38-,43?,44+,45?,52-/m0/s1. The molecule has 68 heavy (non-hydrogen) atoms. The van der Waals surface area contributed by atoms with Crippen LogP contribution in [0.25, 0.3) is 33.4 Å². The summed E-state index contributed by atoms with van der Waals surface area (Å²) in [7, 11) is 1.70. The molecule has 1 spiro atoms. The summed E-state index contributed by atoms with van der Waals surface area (Å²) in [5, 5.41) is 12.0. The van der Waals surface area contributed by atoms with E-state index in [9.17, 15) is 19.2 Å². The van der Waals surface area contributed by atoms with Gasteiger partial charge in [-0.15, -0.1) is 11.3 Å². The van der Waals surface area contributed by atoms with Crippen molar-refractivity contribution < 1.29 is 28.7 Å². The van der Waals surface area contributed by atoms with E-state index in [-0.39, 0.29) is 54.2 Å². The minimum atomic E-state index is -0.942. The second-order valence-electron chi connectivity index (χ2n) is 21.7. The number of ether oxygens (including phenoxy) is 2. The highest BCUT2D eigenvalue weighted by molar-refractivity contribution is 7.10. The molecule has 16 heteroatoms. The fourth-order valence-electron chi connectivity index (χ4n) is 11.8. The molecule has 1 aliphatic carbocycles. The maximum atomic E-state index is 14.8. The zero-order valence-corrected chi connectivity index (χ0v) is 41.6. The van der Waals surface area contributed by atoms with Crippen LogP contribution >= 0.6 is 11.3 Å². The van der Waals surface area contributed by atoms with Crippen molar-refractivity contribution in [3.8, 4) is 22.5 Å². The summed E-state index contributed by atoms with van der Waals surface area (Å²) in [5.41, 5.74) is 9.57. The van der Waals surface area contributed by atoms with Gasteiger partial charge in [0, 0.05) is 96.7 Å². The number of pyridine rings is 1. The maximum Gasteiger partial charge on any atom is 0.324 e. The monoisotopic (exact) mass is 948 g/mol. The Morgan fingerprint density at radius 3 is 2.63 bits per heavy atom. The van der Waals surface area contributed by atoms with Gasteiger partial charge in [-0.05, 0) is 107 Å². The Kier molecular flexibility index (Phi) is 12.8. The largest absolute Gasteiger partial charge is 0.464 e. The molecule has 1 aromatic carbocycles. The van der Waals surface area contributed by atoms with Gasteiger partial charge in [-0.25, -0.2) is 10.4 Å². The molecule has 4 aromatic rings. The summed E-state index contributed by atoms with van der Waals surface area (Å²) in [6.45, 7) is 16.8. The number of hydrogen-bond donors (Lipinski definition) is 3. The summed E-state index contributed by atoms with van der Waals surface area (Å²) < 4.78 is 14.3. The maximum absolute atomic E-state index is 14.8. The quantitative estimate of drug-likeness (QED) is 0.128. The van der Waals surface area contributed by atoms with Crippen molar-refractivity contribution >= 4 is 45.9 Å². The van der Waals surface area contributed by atoms with E-state index in [0.29, 0.717) is 37.8 Å². The summed E-state index contributed by atoms with van der Waals surface area (Å²) in [5.74, 6) is -0.0571. The molecule has 6 aliphatic rings. The molecule has 10 rings (SSSR count). The SMILES string of the molecule is CCn1c(-c2cccnc2[C@H](C)OC)c2c3cc(ccc31)-c1csc(n1)C[C@H](NC(=O)C(C(C)C)N1CC[C@]3(CCN(C(=O)[C@@H]4NC4C4CC4)C3)C1)C(=O)N1CCC[C@H](N1)C(=O)OCC(C)(C)C2. The van der Waals surface area contributed by atoms with E-state index in [1.807, 2.05) is 24.6 Å². The van der Waals surface area contributed by atoms with Crippen molar-refractivity contribution in [3.05, 3.63) is 58.2 Å². The third-order valence-corrected chi connectivity index (χ3v) is 16.6. The number of fused-ring (bicyclic) bond motifs is 6. The number of aryl methyl sites for hydroxylation is 1. The first-order valence-corrected chi connectivity index (χ1v) is 26.0. The number of carbonyl (C=O) groups is 4. The zero-order chi connectivity index (χ0) is 47.6. The molecule has 8 heterocycles. The second-order valence-corrected chi connectivity index (χ2v) is 22.6. The highest BCUT2D eigenvalue weighted by Gasteiger charge is 2.55. The first kappa shape index (κ1) is 47.0. The molecule has 364 valence electrons. The molecule has 15 nitrogen and oxygen atoms in total. The number of thiazole rings is 1. The van der Waals surface area contributed by atoms with Crippen molar-refractivity contribution in [2.24, 2.45) is 22.7 Å². The number of cyclic esters (lactones) is 1. The fourth-order valence-corrected chi connectivity index (χ4v) is 12.7. The highest BCUT2D eigenvalue weighted by Crippen LogP contribution is 2.45. The minimum Gasteiger partial charge on any atom is -0.464 e. The van der Waals surface area contributed by atoms with Crippen molar-refractivity contribution in [1.82, 2.24) is 45.4 Å². The number of likely N-dealkylation sites (tertiary alicyclic amines) is 2. The van der Waals surface area contributed by atoms with Crippen LogP contribution in [0.15, 0.2) is 41.9 Å². The van der Waals surface area contributed by atoms with E-state index in [1.54, 1.807) is 7.11 Å². The molecule has 0 radical (unpaired) electrons. The fraction of sp³-hybridized carbons (Fsp3) is 0.615. The lowest BCUT2D eigenvalue weighted by Crippen LogP contribution is -2.62. The molecule has 5 fully saturated rings. The highest BCUT2D eigenvalue weighted by atomic mass is 32.1. The molecule has 4 saturated heterocycles. The van der Waals surface area contributed by atoms with Gasteiger partial charge >= 0.3 is 5.97 Å². The average Bonchev–Trinajstić information content (AvgIpc) is 4.16. The zero-order valence-electron chi connectivity index (χ0n) is 40.8. The molecule has 7 atom stereocenters. The summed E-state index contributed by atoms with van der Waals surface area (Å²) in [6, 6.07) is 8.76. The van der Waals surface area contributed by atoms with Gasteiger partial charge < -0.3 is 24.3 Å². The molecule has 2 unspecified atom stereocenters. The molecule has 3 aromatic heterocycles. The predicted molar refractivity (Wildman–Crippen MR) is 261 cm³/mol. The van der Waals surface area contributed by atoms with Gasteiger partial charge in [-0.2, -0.15) is 0 Å². The van der Waals surface area contributed by atoms with Gasteiger partial charge in [0.05, 0.1) is 40.8 Å². The Morgan fingerprint density at radius 1 is 1.06 bits per heavy atom. The number of amides is 3. The number of rotatable bonds is 10. The Morgan fingerprint density at radius 2 is 1.87 bits per heavy atom. The Hall–Kier alpha value is -4.74. The van der Waals surface area contributed by atoms with E-state index in [2.05, 4.69) is 89.3 Å². The van der Waals surface area contributed by atoms with Crippen molar-refractivity contribution in [2.75, 3.05) is 46.4 Å². The molecule has 3 amide bonds. The van der Waals surface area contributed by atoms with Gasteiger partial charge in [-0.3, -0.25) is 39.4 Å². The lowest BCUT2D eigenvalue weighted by Gasteiger charge is -2.36.